The number of nitrogens with zero attached hydrogens (tertiary/aromatic N) is 6. The van der Waals surface area contributed by atoms with E-state index in [0.717, 1.165) is 24.0 Å². The van der Waals surface area contributed by atoms with Gasteiger partial charge in [-0.25, -0.2) is 0 Å². The average Bonchev–Trinajstić information content (AvgIpc) is 3.71. The van der Waals surface area contributed by atoms with Crippen molar-refractivity contribution >= 4 is 34.0 Å². The summed E-state index contributed by atoms with van der Waals surface area (Å²) in [6.07, 6.45) is 3.16. The van der Waals surface area contributed by atoms with Gasteiger partial charge in [-0.3, -0.25) is 9.59 Å². The van der Waals surface area contributed by atoms with Crippen LogP contribution in [0.4, 0.5) is 0 Å². The van der Waals surface area contributed by atoms with E-state index in [2.05, 4.69) is 20.4 Å². The molecule has 12 heteroatoms. The van der Waals surface area contributed by atoms with Crippen LogP contribution in [0.2, 0.25) is 0 Å². The third-order valence-corrected chi connectivity index (χ3v) is 7.92. The molecule has 6 aromatic rings. The zero-order chi connectivity index (χ0) is 33.6. The number of carbonyl (C=O) groups is 2. The molecule has 0 bridgehead atoms. The third kappa shape index (κ3) is 7.43. The molecule has 0 aliphatic carbocycles. The van der Waals surface area contributed by atoms with E-state index in [1.54, 1.807) is 24.3 Å². The van der Waals surface area contributed by atoms with Gasteiger partial charge in [0.25, 0.3) is 0 Å². The van der Waals surface area contributed by atoms with Crippen LogP contribution in [-0.4, -0.2) is 52.1 Å². The van der Waals surface area contributed by atoms with E-state index < -0.39 is 0 Å². The number of unbranched alkanes of at least 4 members (excludes halogenated alkanes) is 3. The fraction of sp³-hybridized carbons (Fsp3) is 0.278. The van der Waals surface area contributed by atoms with E-state index >= 15 is 0 Å². The van der Waals surface area contributed by atoms with Crippen LogP contribution in [0.3, 0.4) is 0 Å². The lowest BCUT2D eigenvalue weighted by Crippen LogP contribution is -2.07. The van der Waals surface area contributed by atoms with E-state index in [-0.39, 0.29) is 49.5 Å². The van der Waals surface area contributed by atoms with Crippen LogP contribution in [0.1, 0.15) is 60.8 Å². The average molecular weight is 649 g/mol. The molecular weight excluding hydrogens is 612 g/mol. The van der Waals surface area contributed by atoms with Gasteiger partial charge in [0.15, 0.2) is 0 Å². The molecule has 0 amide bonds. The first-order valence-electron chi connectivity index (χ1n) is 15.9. The van der Waals surface area contributed by atoms with Crippen molar-refractivity contribution in [2.24, 2.45) is 0 Å². The largest absolute Gasteiger partial charge is 0.505 e. The van der Waals surface area contributed by atoms with Crippen LogP contribution in [0, 0.1) is 13.8 Å². The van der Waals surface area contributed by atoms with Gasteiger partial charge in [-0.1, -0.05) is 37.1 Å². The SMILES string of the molecule is Cc1cc(COC(=O)CCCCCCC(=O)OCc2cc(C)cc(-n3nc4ccccc4n3)c2O)c(O)c(-n2nc3ccccc3n2)c1. The van der Waals surface area contributed by atoms with Gasteiger partial charge in [-0.2, -0.15) is 0 Å². The summed E-state index contributed by atoms with van der Waals surface area (Å²) in [5.41, 5.74) is 6.34. The second-order valence-corrected chi connectivity index (χ2v) is 11.8. The highest BCUT2D eigenvalue weighted by Gasteiger charge is 2.17. The molecule has 0 aliphatic heterocycles. The summed E-state index contributed by atoms with van der Waals surface area (Å²) in [6, 6.07) is 22.0. The Morgan fingerprint density at radius 1 is 0.583 bits per heavy atom. The Morgan fingerprint density at radius 3 is 1.29 bits per heavy atom. The predicted octanol–water partition coefficient (Wildman–Crippen LogP) is 6.31. The van der Waals surface area contributed by atoms with Crippen molar-refractivity contribution in [2.45, 2.75) is 65.6 Å². The highest BCUT2D eigenvalue weighted by Crippen LogP contribution is 2.30. The smallest absolute Gasteiger partial charge is 0.306 e. The standard InChI is InChI=1S/C36H36N6O6/c1-23-17-25(35(45)31(19-23)41-37-27-11-7-8-12-28(27)38-41)21-47-33(43)15-5-3-4-6-16-34(44)48-22-26-18-24(2)20-32(36(26)46)42-39-29-13-9-10-14-30(29)40-42/h7-14,17-20,45-46H,3-6,15-16,21-22H2,1-2H3. The van der Waals surface area contributed by atoms with Crippen molar-refractivity contribution in [1.29, 1.82) is 0 Å². The van der Waals surface area contributed by atoms with Crippen LogP contribution in [0.5, 0.6) is 11.5 Å². The van der Waals surface area contributed by atoms with Crippen molar-refractivity contribution in [1.82, 2.24) is 30.0 Å². The molecule has 0 aliphatic rings. The minimum atomic E-state index is -0.365. The maximum absolute atomic E-state index is 12.4. The van der Waals surface area contributed by atoms with Gasteiger partial charge >= 0.3 is 11.9 Å². The number of phenols is 2. The van der Waals surface area contributed by atoms with Gasteiger partial charge in [-0.15, -0.1) is 30.0 Å². The molecule has 246 valence electrons. The van der Waals surface area contributed by atoms with E-state index in [1.165, 1.54) is 9.59 Å². The van der Waals surface area contributed by atoms with Gasteiger partial charge in [0.1, 0.15) is 58.2 Å². The number of carbonyl (C=O) groups excluding carboxylic acids is 2. The Labute approximate surface area is 276 Å². The van der Waals surface area contributed by atoms with Crippen molar-refractivity contribution in [3.63, 3.8) is 0 Å². The maximum Gasteiger partial charge on any atom is 0.306 e. The molecule has 0 saturated heterocycles. The minimum Gasteiger partial charge on any atom is -0.505 e. The Morgan fingerprint density at radius 2 is 0.938 bits per heavy atom. The number of hydrogen-bond acceptors (Lipinski definition) is 10. The van der Waals surface area contributed by atoms with Gasteiger partial charge < -0.3 is 19.7 Å². The molecule has 48 heavy (non-hydrogen) atoms. The zero-order valence-electron chi connectivity index (χ0n) is 26.8. The lowest BCUT2D eigenvalue weighted by atomic mass is 10.1. The number of aromatic hydroxyl groups is 2. The number of fused-ring (bicyclic) bond motifs is 2. The summed E-state index contributed by atoms with van der Waals surface area (Å²) in [6.45, 7) is 3.63. The molecule has 2 N–H and O–H groups in total. The number of esters is 2. The lowest BCUT2D eigenvalue weighted by molar-refractivity contribution is -0.146. The fourth-order valence-corrected chi connectivity index (χ4v) is 5.48. The van der Waals surface area contributed by atoms with E-state index in [9.17, 15) is 19.8 Å². The van der Waals surface area contributed by atoms with Crippen LogP contribution in [0.25, 0.3) is 33.4 Å². The second-order valence-electron chi connectivity index (χ2n) is 11.8. The van der Waals surface area contributed by atoms with Crippen LogP contribution < -0.4 is 0 Å². The van der Waals surface area contributed by atoms with Gasteiger partial charge in [0, 0.05) is 24.0 Å². The summed E-state index contributed by atoms with van der Waals surface area (Å²) >= 11 is 0. The zero-order valence-corrected chi connectivity index (χ0v) is 26.8. The summed E-state index contributed by atoms with van der Waals surface area (Å²) in [5.74, 6) is -0.810. The molecule has 2 heterocycles. The molecule has 2 aromatic heterocycles. The summed E-state index contributed by atoms with van der Waals surface area (Å²) < 4.78 is 10.9. The first-order chi connectivity index (χ1) is 23.2. The molecular formula is C36H36N6O6. The maximum atomic E-state index is 12.4. The number of aryl methyl sites for hydroxylation is 2. The fourth-order valence-electron chi connectivity index (χ4n) is 5.48. The normalized spacial score (nSPS) is 11.3. The predicted molar refractivity (Wildman–Crippen MR) is 178 cm³/mol. The number of rotatable bonds is 13. The van der Waals surface area contributed by atoms with Gasteiger partial charge in [0.2, 0.25) is 0 Å². The Balaban J connectivity index is 0.914. The molecule has 4 aromatic carbocycles. The number of hydrogen-bond donors (Lipinski definition) is 2. The quantitative estimate of drug-likeness (QED) is 0.108. The topological polar surface area (TPSA) is 154 Å². The molecule has 0 radical (unpaired) electrons. The minimum absolute atomic E-state index is 0.0396. The van der Waals surface area contributed by atoms with E-state index in [4.69, 9.17) is 9.47 Å². The molecule has 0 spiro atoms. The number of benzene rings is 4. The van der Waals surface area contributed by atoms with Crippen LogP contribution >= 0.6 is 0 Å². The molecule has 0 unspecified atom stereocenters. The summed E-state index contributed by atoms with van der Waals surface area (Å²) in [5, 5.41) is 39.5. The molecule has 12 nitrogen and oxygen atoms in total. The number of ether oxygens (including phenoxy) is 2. The van der Waals surface area contributed by atoms with Crippen molar-refractivity contribution < 1.29 is 29.3 Å². The number of aromatic nitrogens is 6. The lowest BCUT2D eigenvalue weighted by Gasteiger charge is -2.12. The summed E-state index contributed by atoms with van der Waals surface area (Å²) in [7, 11) is 0. The first kappa shape index (κ1) is 32.2. The molecule has 0 fully saturated rings. The van der Waals surface area contributed by atoms with Crippen molar-refractivity contribution in [2.75, 3.05) is 0 Å². The van der Waals surface area contributed by atoms with E-state index in [0.29, 0.717) is 57.4 Å². The van der Waals surface area contributed by atoms with Crippen LogP contribution in [0.15, 0.2) is 72.8 Å². The second kappa shape index (κ2) is 14.3. The van der Waals surface area contributed by atoms with E-state index in [1.807, 2.05) is 62.4 Å². The molecule has 0 atom stereocenters. The molecule has 0 saturated carbocycles. The summed E-state index contributed by atoms with van der Waals surface area (Å²) in [4.78, 5) is 27.6. The monoisotopic (exact) mass is 648 g/mol. The first-order valence-corrected chi connectivity index (χ1v) is 15.9. The Bertz CT molecular complexity index is 1890. The molecule has 6 rings (SSSR count). The van der Waals surface area contributed by atoms with Gasteiger partial charge in [0.05, 0.1) is 0 Å². The van der Waals surface area contributed by atoms with Gasteiger partial charge in [-0.05, 0) is 86.3 Å². The Hall–Kier alpha value is -5.78. The number of phenolic OH excluding ortho intramolecular Hbond substituents is 2. The Kier molecular flexibility index (Phi) is 9.60. The van der Waals surface area contributed by atoms with Crippen molar-refractivity contribution in [3.05, 3.63) is 95.1 Å². The highest BCUT2D eigenvalue weighted by molar-refractivity contribution is 5.75. The van der Waals surface area contributed by atoms with Crippen LogP contribution in [-0.2, 0) is 32.3 Å². The van der Waals surface area contributed by atoms with Crippen molar-refractivity contribution in [3.8, 4) is 22.9 Å². The third-order valence-electron chi connectivity index (χ3n) is 7.92. The highest BCUT2D eigenvalue weighted by atomic mass is 16.5.